The van der Waals surface area contributed by atoms with Crippen LogP contribution in [0.3, 0.4) is 0 Å². The lowest BCUT2D eigenvalue weighted by molar-refractivity contribution is -0.142. The predicted octanol–water partition coefficient (Wildman–Crippen LogP) is 5.14. The van der Waals surface area contributed by atoms with Gasteiger partial charge in [-0.15, -0.1) is 0 Å². The molecule has 0 aliphatic carbocycles. The topological polar surface area (TPSA) is 77.8 Å². The molecule has 1 N–H and O–H groups in total. The lowest BCUT2D eigenvalue weighted by atomic mass is 9.93. The molecule has 1 aromatic carbocycles. The molecule has 6 nitrogen and oxygen atoms in total. The maximum Gasteiger partial charge on any atom is 0.308 e. The van der Waals surface area contributed by atoms with Crippen LogP contribution in [0.4, 0.5) is 4.39 Å². The zero-order valence-electron chi connectivity index (χ0n) is 20.0. The van der Waals surface area contributed by atoms with Gasteiger partial charge in [0.15, 0.2) is 0 Å². The van der Waals surface area contributed by atoms with E-state index in [-0.39, 0.29) is 30.5 Å². The normalized spacial score (nSPS) is 16.3. The van der Waals surface area contributed by atoms with Gasteiger partial charge in [0, 0.05) is 25.5 Å². The van der Waals surface area contributed by atoms with Gasteiger partial charge in [0.25, 0.3) is 0 Å². The number of aliphatic hydroxyl groups is 1. The van der Waals surface area contributed by atoms with Gasteiger partial charge >= 0.3 is 5.97 Å². The molecule has 2 aromatic rings. The first-order valence-electron chi connectivity index (χ1n) is 11.6. The molecule has 0 amide bonds. The van der Waals surface area contributed by atoms with Crippen molar-refractivity contribution in [2.75, 3.05) is 26.5 Å². The van der Waals surface area contributed by atoms with Gasteiger partial charge in [-0.05, 0) is 72.6 Å². The Bertz CT molecular complexity index is 1010. The highest BCUT2D eigenvalue weighted by molar-refractivity contribution is 7.59. The average molecular weight is 480 g/mol. The molecule has 33 heavy (non-hydrogen) atoms. The van der Waals surface area contributed by atoms with Crippen molar-refractivity contribution in [3.63, 3.8) is 0 Å². The molecule has 3 rings (SSSR count). The van der Waals surface area contributed by atoms with E-state index in [1.165, 1.54) is 37.6 Å². The van der Waals surface area contributed by atoms with Crippen molar-refractivity contribution in [2.45, 2.75) is 64.5 Å². The third-order valence-corrected chi connectivity index (χ3v) is 8.96. The van der Waals surface area contributed by atoms with Gasteiger partial charge in [0.1, 0.15) is 5.82 Å². The molecule has 1 aliphatic heterocycles. The zero-order valence-corrected chi connectivity index (χ0v) is 20.9. The highest BCUT2D eigenvalue weighted by atomic mass is 31.2. The molecule has 2 atom stereocenters. The summed E-state index contributed by atoms with van der Waals surface area (Å²) in [6.45, 7) is 5.24. The molecule has 0 bridgehead atoms. The Labute approximate surface area is 195 Å². The maximum absolute atomic E-state index is 13.6. The number of carbonyl (C=O) groups is 1. The minimum absolute atomic E-state index is 0.102. The number of fused-ring (bicyclic) bond motifs is 1. The standard InChI is InChI=1S/C25H35FNO5P/c1-17(2)24-21(12-14-33(30,32-4)16-20(28)15-23(29)31-3)25(18-8-10-19(26)11-9-18)27-13-6-5-7-22(24)27/h8-11,17,20,28H,5-7,12-16H2,1-4H3/t20-,33?/m0/s1. The van der Waals surface area contributed by atoms with Crippen molar-refractivity contribution in [2.24, 2.45) is 0 Å². The summed E-state index contributed by atoms with van der Waals surface area (Å²) < 4.78 is 39.5. The Morgan fingerprint density at radius 3 is 2.52 bits per heavy atom. The smallest absolute Gasteiger partial charge is 0.308 e. The first kappa shape index (κ1) is 25.7. The van der Waals surface area contributed by atoms with E-state index in [0.29, 0.717) is 6.42 Å². The average Bonchev–Trinajstić information content (AvgIpc) is 3.12. The summed E-state index contributed by atoms with van der Waals surface area (Å²) in [5, 5.41) is 10.3. The summed E-state index contributed by atoms with van der Waals surface area (Å²) in [6, 6.07) is 6.55. The van der Waals surface area contributed by atoms with Crippen molar-refractivity contribution >= 4 is 13.3 Å². The molecular formula is C25H35FNO5P. The van der Waals surface area contributed by atoms with E-state index in [4.69, 9.17) is 4.52 Å². The van der Waals surface area contributed by atoms with Gasteiger partial charge in [-0.2, -0.15) is 0 Å². The second-order valence-electron chi connectivity index (χ2n) is 9.05. The third-order valence-electron chi connectivity index (χ3n) is 6.41. The van der Waals surface area contributed by atoms with Crippen molar-refractivity contribution < 1.29 is 28.1 Å². The number of benzene rings is 1. The SMILES string of the molecule is COC(=O)C[C@H](O)CP(=O)(CCc1c(C(C)C)c2n(c1-c1ccc(F)cc1)CCCC2)OC. The minimum atomic E-state index is -3.19. The monoisotopic (exact) mass is 479 g/mol. The van der Waals surface area contributed by atoms with Crippen molar-refractivity contribution in [1.82, 2.24) is 4.57 Å². The number of carbonyl (C=O) groups excluding carboxylic acids is 1. The highest BCUT2D eigenvalue weighted by Gasteiger charge is 2.31. The van der Waals surface area contributed by atoms with E-state index in [9.17, 15) is 18.9 Å². The van der Waals surface area contributed by atoms with Crippen molar-refractivity contribution in [3.05, 3.63) is 46.9 Å². The number of nitrogens with zero attached hydrogens (tertiary/aromatic N) is 1. The summed E-state index contributed by atoms with van der Waals surface area (Å²) in [6.07, 6.45) is 2.55. The predicted molar refractivity (Wildman–Crippen MR) is 128 cm³/mol. The summed E-state index contributed by atoms with van der Waals surface area (Å²) in [5.41, 5.74) is 5.70. The van der Waals surface area contributed by atoms with Gasteiger partial charge < -0.3 is 18.9 Å². The number of rotatable bonds is 10. The molecule has 8 heteroatoms. The quantitative estimate of drug-likeness (QED) is 0.377. The molecule has 0 radical (unpaired) electrons. The lowest BCUT2D eigenvalue weighted by Gasteiger charge is -2.20. The number of aromatic nitrogens is 1. The number of hydrogen-bond donors (Lipinski definition) is 1. The Hall–Kier alpha value is -1.95. The van der Waals surface area contributed by atoms with E-state index >= 15 is 0 Å². The Balaban J connectivity index is 1.97. The lowest BCUT2D eigenvalue weighted by Crippen LogP contribution is -2.20. The van der Waals surface area contributed by atoms with E-state index < -0.39 is 19.4 Å². The van der Waals surface area contributed by atoms with E-state index in [0.717, 1.165) is 42.6 Å². The molecule has 1 aliphatic rings. The van der Waals surface area contributed by atoms with Crippen LogP contribution >= 0.6 is 7.37 Å². The summed E-state index contributed by atoms with van der Waals surface area (Å²) in [4.78, 5) is 11.5. The fraction of sp³-hybridized carbons (Fsp3) is 0.560. The Morgan fingerprint density at radius 2 is 1.91 bits per heavy atom. The molecule has 182 valence electrons. The van der Waals surface area contributed by atoms with Crippen LogP contribution in [-0.2, 0) is 38.0 Å². The van der Waals surface area contributed by atoms with Gasteiger partial charge in [-0.25, -0.2) is 4.39 Å². The Kier molecular flexibility index (Phi) is 8.54. The third kappa shape index (κ3) is 5.95. The molecule has 2 heterocycles. The highest BCUT2D eigenvalue weighted by Crippen LogP contribution is 2.49. The van der Waals surface area contributed by atoms with Crippen LogP contribution in [-0.4, -0.2) is 48.3 Å². The molecule has 0 fully saturated rings. The summed E-state index contributed by atoms with van der Waals surface area (Å²) in [7, 11) is -0.548. The summed E-state index contributed by atoms with van der Waals surface area (Å²) in [5.74, 6) is -0.551. The molecule has 1 unspecified atom stereocenters. The van der Waals surface area contributed by atoms with Crippen molar-refractivity contribution in [3.8, 4) is 11.3 Å². The van der Waals surface area contributed by atoms with Gasteiger partial charge in [0.2, 0.25) is 7.37 Å². The van der Waals surface area contributed by atoms with Gasteiger partial charge in [-0.1, -0.05) is 13.8 Å². The fourth-order valence-electron chi connectivity index (χ4n) is 4.90. The largest absolute Gasteiger partial charge is 0.469 e. The number of methoxy groups -OCH3 is 1. The van der Waals surface area contributed by atoms with Gasteiger partial charge in [0.05, 0.1) is 31.5 Å². The number of aliphatic hydroxyl groups excluding tert-OH is 1. The number of esters is 1. The molecular weight excluding hydrogens is 444 g/mol. The second-order valence-corrected chi connectivity index (χ2v) is 11.9. The molecule has 0 saturated carbocycles. The van der Waals surface area contributed by atoms with Gasteiger partial charge in [-0.3, -0.25) is 9.36 Å². The van der Waals surface area contributed by atoms with Crippen LogP contribution in [0.25, 0.3) is 11.3 Å². The number of ether oxygens (including phenoxy) is 1. The number of halogens is 1. The van der Waals surface area contributed by atoms with Crippen molar-refractivity contribution in [1.29, 1.82) is 0 Å². The molecule has 0 saturated heterocycles. The minimum Gasteiger partial charge on any atom is -0.469 e. The first-order chi connectivity index (χ1) is 15.7. The van der Waals surface area contributed by atoms with E-state index in [2.05, 4.69) is 23.2 Å². The van der Waals surface area contributed by atoms with Crippen LogP contribution in [0.5, 0.6) is 0 Å². The maximum atomic E-state index is 13.6. The first-order valence-corrected chi connectivity index (χ1v) is 13.6. The van der Waals surface area contributed by atoms with E-state index in [1.54, 1.807) is 12.1 Å². The van der Waals surface area contributed by atoms with Crippen LogP contribution in [0, 0.1) is 5.82 Å². The van der Waals surface area contributed by atoms with E-state index in [1.807, 2.05) is 0 Å². The second kappa shape index (κ2) is 11.0. The Morgan fingerprint density at radius 1 is 1.21 bits per heavy atom. The van der Waals surface area contributed by atoms with Crippen LogP contribution < -0.4 is 0 Å². The number of hydrogen-bond acceptors (Lipinski definition) is 5. The summed E-state index contributed by atoms with van der Waals surface area (Å²) >= 11 is 0. The van der Waals surface area contributed by atoms with Crippen LogP contribution in [0.15, 0.2) is 24.3 Å². The van der Waals surface area contributed by atoms with Crippen LogP contribution in [0.1, 0.15) is 55.8 Å². The fourth-order valence-corrected chi connectivity index (χ4v) is 6.75. The molecule has 0 spiro atoms. The van der Waals surface area contributed by atoms with Crippen LogP contribution in [0.2, 0.25) is 0 Å². The zero-order chi connectivity index (χ0) is 24.2. The molecule has 1 aromatic heterocycles.